The monoisotopic (exact) mass is 422 g/mol. The van der Waals surface area contributed by atoms with E-state index in [0.29, 0.717) is 34.9 Å². The predicted molar refractivity (Wildman–Crippen MR) is 114 cm³/mol. The summed E-state index contributed by atoms with van der Waals surface area (Å²) in [4.78, 5) is 17.8. The Hall–Kier alpha value is -2.99. The number of hydrogen-bond acceptors (Lipinski definition) is 4. The molecule has 0 saturated carbocycles. The Bertz CT molecular complexity index is 1210. The zero-order chi connectivity index (χ0) is 21.0. The number of carbonyl (C=O) groups is 1. The van der Waals surface area contributed by atoms with Crippen molar-refractivity contribution in [2.24, 2.45) is 5.41 Å². The van der Waals surface area contributed by atoms with Gasteiger partial charge >= 0.3 is 0 Å². The van der Waals surface area contributed by atoms with Crippen molar-refractivity contribution in [3.05, 3.63) is 76.2 Å². The second-order valence-corrected chi connectivity index (χ2v) is 8.97. The van der Waals surface area contributed by atoms with Gasteiger partial charge in [-0.05, 0) is 30.0 Å². The molecule has 0 radical (unpaired) electrons. The maximum atomic E-state index is 14.4. The molecule has 7 heteroatoms. The lowest BCUT2D eigenvalue weighted by Crippen LogP contribution is -2.36. The van der Waals surface area contributed by atoms with Gasteiger partial charge in [-0.1, -0.05) is 55.8 Å². The molecule has 1 unspecified atom stereocenters. The number of benzene rings is 2. The van der Waals surface area contributed by atoms with Crippen LogP contribution in [-0.4, -0.2) is 20.5 Å². The molecule has 1 N–H and O–H groups in total. The first-order valence-corrected chi connectivity index (χ1v) is 10.2. The zero-order valence-corrected chi connectivity index (χ0v) is 17.4. The van der Waals surface area contributed by atoms with Crippen LogP contribution in [0.25, 0.3) is 11.4 Å². The van der Waals surface area contributed by atoms with Gasteiger partial charge < -0.3 is 5.32 Å². The maximum Gasteiger partial charge on any atom is 0.226 e. The molecule has 3 aromatic rings. The van der Waals surface area contributed by atoms with Crippen LogP contribution in [0.1, 0.15) is 38.3 Å². The van der Waals surface area contributed by atoms with Gasteiger partial charge in [-0.15, -0.1) is 5.10 Å². The molecule has 0 bridgehead atoms. The first-order valence-electron chi connectivity index (χ1n) is 9.83. The lowest BCUT2D eigenvalue weighted by Gasteiger charge is -2.38. The van der Waals surface area contributed by atoms with E-state index in [-0.39, 0.29) is 17.0 Å². The number of nitrogens with zero attached hydrogens (tertiary/aromatic N) is 3. The van der Waals surface area contributed by atoms with Crippen LogP contribution in [0.5, 0.6) is 0 Å². The average molecular weight is 423 g/mol. The van der Waals surface area contributed by atoms with Crippen molar-refractivity contribution < 1.29 is 9.18 Å². The Morgan fingerprint density at radius 1 is 1.13 bits per heavy atom. The first kappa shape index (κ1) is 19.0. The number of Topliss-reactive ketones (excluding diaryl/α,β-unsaturated/α-hetero) is 1. The number of hydrogen-bond donors (Lipinski definition) is 1. The molecule has 0 saturated heterocycles. The van der Waals surface area contributed by atoms with Crippen molar-refractivity contribution in [2.45, 2.75) is 32.7 Å². The van der Waals surface area contributed by atoms with E-state index in [1.54, 1.807) is 28.9 Å². The Morgan fingerprint density at radius 2 is 1.87 bits per heavy atom. The number of ketones is 1. The van der Waals surface area contributed by atoms with Crippen LogP contribution in [0.2, 0.25) is 5.02 Å². The molecule has 1 aliphatic heterocycles. The van der Waals surface area contributed by atoms with Crippen molar-refractivity contribution in [1.82, 2.24) is 14.8 Å². The van der Waals surface area contributed by atoms with Gasteiger partial charge in [0.25, 0.3) is 0 Å². The predicted octanol–water partition coefficient (Wildman–Crippen LogP) is 5.40. The van der Waals surface area contributed by atoms with Crippen molar-refractivity contribution in [3.8, 4) is 11.4 Å². The minimum absolute atomic E-state index is 0.0623. The van der Waals surface area contributed by atoms with Crippen LogP contribution in [0, 0.1) is 11.2 Å². The molecule has 30 heavy (non-hydrogen) atoms. The van der Waals surface area contributed by atoms with Gasteiger partial charge in [0.05, 0.1) is 5.56 Å². The summed E-state index contributed by atoms with van der Waals surface area (Å²) in [5.41, 5.74) is 2.40. The fourth-order valence-electron chi connectivity index (χ4n) is 4.35. The summed E-state index contributed by atoms with van der Waals surface area (Å²) in [6.45, 7) is 4.15. The van der Waals surface area contributed by atoms with E-state index >= 15 is 0 Å². The fourth-order valence-corrected chi connectivity index (χ4v) is 4.59. The number of carbonyl (C=O) groups excluding carboxylic acids is 1. The number of rotatable bonds is 2. The SMILES string of the molecule is CC1(C)CC(=O)C2=C(C1)Nc1nc(-c3ccccc3F)nn1C2c1ccccc1Cl. The van der Waals surface area contributed by atoms with E-state index in [1.807, 2.05) is 18.2 Å². The Balaban J connectivity index is 1.72. The Morgan fingerprint density at radius 3 is 2.63 bits per heavy atom. The number of fused-ring (bicyclic) bond motifs is 1. The third kappa shape index (κ3) is 3.03. The molecule has 1 aliphatic carbocycles. The van der Waals surface area contributed by atoms with E-state index in [4.69, 9.17) is 11.6 Å². The fraction of sp³-hybridized carbons (Fsp3) is 0.261. The summed E-state index contributed by atoms with van der Waals surface area (Å²) in [7, 11) is 0. The summed E-state index contributed by atoms with van der Waals surface area (Å²) < 4.78 is 16.0. The van der Waals surface area contributed by atoms with Gasteiger partial charge in [0.2, 0.25) is 5.95 Å². The standard InChI is InChI=1S/C23H20ClFN4O/c1-23(2)11-17-19(18(30)12-23)20(13-7-3-5-9-15(13)24)29-22(26-17)27-21(28-29)14-8-4-6-10-16(14)25/h3-10,20H,11-12H2,1-2H3,(H,26,27,28). The highest BCUT2D eigenvalue weighted by atomic mass is 35.5. The molecule has 2 heterocycles. The Labute approximate surface area is 178 Å². The van der Waals surface area contributed by atoms with Crippen molar-refractivity contribution in [2.75, 3.05) is 5.32 Å². The third-order valence-electron chi connectivity index (χ3n) is 5.65. The minimum Gasteiger partial charge on any atom is -0.328 e. The number of allylic oxidation sites excluding steroid dienone is 2. The summed E-state index contributed by atoms with van der Waals surface area (Å²) in [6, 6.07) is 13.3. The zero-order valence-electron chi connectivity index (χ0n) is 16.6. The number of halogens is 2. The van der Waals surface area contributed by atoms with Gasteiger partial charge in [-0.2, -0.15) is 4.98 Å². The lowest BCUT2D eigenvalue weighted by atomic mass is 9.73. The number of nitrogens with one attached hydrogen (secondary N) is 1. The van der Waals surface area contributed by atoms with Gasteiger partial charge in [0.1, 0.15) is 11.9 Å². The van der Waals surface area contributed by atoms with Crippen molar-refractivity contribution in [3.63, 3.8) is 0 Å². The smallest absolute Gasteiger partial charge is 0.226 e. The van der Waals surface area contributed by atoms with Crippen LogP contribution in [0.4, 0.5) is 10.3 Å². The average Bonchev–Trinajstić information content (AvgIpc) is 3.09. The normalized spacial score (nSPS) is 19.9. The summed E-state index contributed by atoms with van der Waals surface area (Å²) >= 11 is 6.53. The Kier molecular flexibility index (Phi) is 4.29. The van der Waals surface area contributed by atoms with E-state index in [1.165, 1.54) is 6.07 Å². The number of anilines is 1. The molecule has 152 valence electrons. The van der Waals surface area contributed by atoms with Crippen molar-refractivity contribution >= 4 is 23.3 Å². The van der Waals surface area contributed by atoms with E-state index < -0.39 is 11.9 Å². The van der Waals surface area contributed by atoms with Crippen molar-refractivity contribution in [1.29, 1.82) is 0 Å². The van der Waals surface area contributed by atoms with Crippen LogP contribution >= 0.6 is 11.6 Å². The molecule has 1 atom stereocenters. The summed E-state index contributed by atoms with van der Waals surface area (Å²) in [6.07, 6.45) is 1.15. The largest absolute Gasteiger partial charge is 0.328 e. The van der Waals surface area contributed by atoms with Crippen LogP contribution in [0.15, 0.2) is 59.8 Å². The number of aromatic nitrogens is 3. The highest BCUT2D eigenvalue weighted by Crippen LogP contribution is 2.46. The van der Waals surface area contributed by atoms with Gasteiger partial charge in [0.15, 0.2) is 11.6 Å². The molecular formula is C23H20ClFN4O. The molecule has 2 aromatic carbocycles. The van der Waals surface area contributed by atoms with Gasteiger partial charge in [-0.3, -0.25) is 4.79 Å². The highest BCUT2D eigenvalue weighted by molar-refractivity contribution is 6.31. The van der Waals surface area contributed by atoms with E-state index in [9.17, 15) is 9.18 Å². The summed E-state index contributed by atoms with van der Waals surface area (Å²) in [5, 5.41) is 8.44. The van der Waals surface area contributed by atoms with Gasteiger partial charge in [-0.25, -0.2) is 9.07 Å². The highest BCUT2D eigenvalue weighted by Gasteiger charge is 2.42. The molecule has 1 aromatic heterocycles. The molecule has 0 fully saturated rings. The second kappa shape index (κ2) is 6.77. The molecule has 0 amide bonds. The minimum atomic E-state index is -0.512. The van der Waals surface area contributed by atoms with Crippen LogP contribution < -0.4 is 5.32 Å². The molecule has 5 nitrogen and oxygen atoms in total. The maximum absolute atomic E-state index is 14.4. The molecule has 2 aliphatic rings. The van der Waals surface area contributed by atoms with Crippen LogP contribution in [-0.2, 0) is 4.79 Å². The van der Waals surface area contributed by atoms with E-state index in [2.05, 4.69) is 29.2 Å². The third-order valence-corrected chi connectivity index (χ3v) is 5.99. The topological polar surface area (TPSA) is 59.8 Å². The van der Waals surface area contributed by atoms with Gasteiger partial charge in [0, 0.05) is 28.3 Å². The van der Waals surface area contributed by atoms with E-state index in [0.717, 1.165) is 11.3 Å². The molecule has 0 spiro atoms. The second-order valence-electron chi connectivity index (χ2n) is 8.57. The lowest BCUT2D eigenvalue weighted by molar-refractivity contribution is -0.118. The first-order chi connectivity index (χ1) is 14.3. The quantitative estimate of drug-likeness (QED) is 0.601. The molecule has 5 rings (SSSR count). The molecular weight excluding hydrogens is 403 g/mol. The summed E-state index contributed by atoms with van der Waals surface area (Å²) in [5.74, 6) is 0.401. The van der Waals surface area contributed by atoms with Crippen LogP contribution in [0.3, 0.4) is 0 Å².